The van der Waals surface area contributed by atoms with E-state index in [9.17, 15) is 19.2 Å². The van der Waals surface area contributed by atoms with Crippen LogP contribution in [0.3, 0.4) is 0 Å². The number of carbonyl (C=O) groups excluding carboxylic acids is 2. The Kier molecular flexibility index (Phi) is 7.22. The third-order valence-corrected chi connectivity index (χ3v) is 6.72. The number of amides is 1. The summed E-state index contributed by atoms with van der Waals surface area (Å²) in [5, 5.41) is 3.27. The van der Waals surface area contributed by atoms with Crippen molar-refractivity contribution in [3.05, 3.63) is 103 Å². The van der Waals surface area contributed by atoms with Crippen molar-refractivity contribution in [1.29, 1.82) is 0 Å². The van der Waals surface area contributed by atoms with E-state index in [-0.39, 0.29) is 5.56 Å². The lowest BCUT2D eigenvalue weighted by molar-refractivity contribution is 0.102. The number of aromatic nitrogens is 3. The van der Waals surface area contributed by atoms with Crippen LogP contribution in [0.1, 0.15) is 38.9 Å². The third kappa shape index (κ3) is 4.75. The van der Waals surface area contributed by atoms with E-state index in [0.29, 0.717) is 39.6 Å². The molecule has 0 saturated heterocycles. The zero-order valence-electron chi connectivity index (χ0n) is 20.8. The number of aldehydes is 1. The number of nitrogens with zero attached hydrogens (tertiary/aromatic N) is 3. The number of halogens is 1. The molecule has 0 aliphatic carbocycles. The quantitative estimate of drug-likeness (QED) is 0.382. The molecule has 1 amide bonds. The molecule has 0 atom stereocenters. The second-order valence-corrected chi connectivity index (χ2v) is 8.98. The van der Waals surface area contributed by atoms with Crippen molar-refractivity contribution in [2.24, 2.45) is 14.1 Å². The van der Waals surface area contributed by atoms with Crippen molar-refractivity contribution >= 4 is 29.5 Å². The first-order valence-electron chi connectivity index (χ1n) is 11.6. The van der Waals surface area contributed by atoms with Crippen LogP contribution in [0.25, 0.3) is 22.4 Å². The van der Waals surface area contributed by atoms with Crippen LogP contribution >= 0.6 is 11.6 Å². The van der Waals surface area contributed by atoms with Gasteiger partial charge in [0.15, 0.2) is 6.29 Å². The highest BCUT2D eigenvalue weighted by atomic mass is 35.5. The minimum absolute atomic E-state index is 0.147. The van der Waals surface area contributed by atoms with Gasteiger partial charge in [0.05, 0.1) is 16.4 Å². The van der Waals surface area contributed by atoms with E-state index in [2.05, 4.69) is 10.3 Å². The van der Waals surface area contributed by atoms with Crippen LogP contribution in [0.5, 0.6) is 0 Å². The van der Waals surface area contributed by atoms with E-state index < -0.39 is 17.2 Å². The number of hydrogen-bond acceptors (Lipinski definition) is 5. The Balaban J connectivity index is 1.74. The van der Waals surface area contributed by atoms with Gasteiger partial charge in [-0.1, -0.05) is 48.9 Å². The van der Waals surface area contributed by atoms with Crippen molar-refractivity contribution in [3.63, 3.8) is 0 Å². The van der Waals surface area contributed by atoms with E-state index in [1.54, 1.807) is 24.3 Å². The van der Waals surface area contributed by atoms with Crippen molar-refractivity contribution in [1.82, 2.24) is 14.1 Å². The van der Waals surface area contributed by atoms with Gasteiger partial charge in [0.2, 0.25) is 0 Å². The summed E-state index contributed by atoms with van der Waals surface area (Å²) in [5.41, 5.74) is 4.05. The minimum Gasteiger partial charge on any atom is -0.322 e. The molecule has 0 aliphatic rings. The summed E-state index contributed by atoms with van der Waals surface area (Å²) >= 11 is 6.87. The summed E-state index contributed by atoms with van der Waals surface area (Å²) in [7, 11) is 2.80. The Bertz CT molecular complexity index is 1670. The van der Waals surface area contributed by atoms with Crippen LogP contribution in [-0.2, 0) is 20.5 Å². The van der Waals surface area contributed by atoms with Gasteiger partial charge in [-0.05, 0) is 42.7 Å². The fourth-order valence-corrected chi connectivity index (χ4v) is 4.53. The van der Waals surface area contributed by atoms with E-state index in [4.69, 9.17) is 11.6 Å². The first-order valence-corrected chi connectivity index (χ1v) is 12.0. The van der Waals surface area contributed by atoms with E-state index in [1.807, 2.05) is 38.1 Å². The maximum Gasteiger partial charge on any atom is 0.330 e. The molecule has 188 valence electrons. The molecule has 0 radical (unpaired) electrons. The number of carbonyl (C=O) groups is 2. The summed E-state index contributed by atoms with van der Waals surface area (Å²) in [6, 6.07) is 14.5. The van der Waals surface area contributed by atoms with Gasteiger partial charge in [-0.3, -0.25) is 23.9 Å². The molecule has 37 heavy (non-hydrogen) atoms. The highest BCUT2D eigenvalue weighted by Gasteiger charge is 2.18. The van der Waals surface area contributed by atoms with Gasteiger partial charge in [-0.25, -0.2) is 4.79 Å². The Morgan fingerprint density at radius 1 is 1.03 bits per heavy atom. The van der Waals surface area contributed by atoms with Crippen LogP contribution in [0, 0.1) is 6.92 Å². The van der Waals surface area contributed by atoms with E-state index in [0.717, 1.165) is 27.5 Å². The molecule has 0 aliphatic heterocycles. The molecule has 1 N–H and O–H groups in total. The summed E-state index contributed by atoms with van der Waals surface area (Å²) in [4.78, 5) is 53.4. The predicted octanol–water partition coefficient (Wildman–Crippen LogP) is 4.40. The Morgan fingerprint density at radius 3 is 2.41 bits per heavy atom. The second kappa shape index (κ2) is 10.4. The average Bonchev–Trinajstić information content (AvgIpc) is 2.90. The molecular formula is C28H25ClN4O4. The molecule has 8 nitrogen and oxygen atoms in total. The number of benzene rings is 2. The van der Waals surface area contributed by atoms with Gasteiger partial charge < -0.3 is 9.88 Å². The number of anilines is 1. The summed E-state index contributed by atoms with van der Waals surface area (Å²) < 4.78 is 2.08. The molecule has 2 heterocycles. The molecule has 0 unspecified atom stereocenters. The predicted molar refractivity (Wildman–Crippen MR) is 144 cm³/mol. The number of pyridine rings is 1. The third-order valence-electron chi connectivity index (χ3n) is 6.31. The molecule has 9 heteroatoms. The molecule has 2 aromatic carbocycles. The maximum atomic E-state index is 13.0. The maximum absolute atomic E-state index is 13.0. The normalized spacial score (nSPS) is 10.8. The fourth-order valence-electron chi connectivity index (χ4n) is 4.21. The van der Waals surface area contributed by atoms with Crippen LogP contribution in [0.15, 0.2) is 64.3 Å². The lowest BCUT2D eigenvalue weighted by Gasteiger charge is -2.16. The first kappa shape index (κ1) is 25.8. The fraction of sp³-hybridized carbons (Fsp3) is 0.179. The Morgan fingerprint density at radius 2 is 1.70 bits per heavy atom. The SMILES string of the molecule is CCc1nc(-c2cccc(-c3cccc(NC(=O)c4cn(C)c(=O)n(C)c4=O)c3C)c2Cl)ccc1C=O. The highest BCUT2D eigenvalue weighted by Crippen LogP contribution is 2.38. The van der Waals surface area contributed by atoms with Crippen molar-refractivity contribution in [2.45, 2.75) is 20.3 Å². The van der Waals surface area contributed by atoms with Gasteiger partial charge in [0, 0.05) is 42.7 Å². The van der Waals surface area contributed by atoms with Gasteiger partial charge in [-0.2, -0.15) is 0 Å². The monoisotopic (exact) mass is 516 g/mol. The van der Waals surface area contributed by atoms with Crippen molar-refractivity contribution in [3.8, 4) is 22.4 Å². The molecule has 0 spiro atoms. The van der Waals surface area contributed by atoms with Crippen LogP contribution < -0.4 is 16.6 Å². The van der Waals surface area contributed by atoms with Crippen molar-refractivity contribution < 1.29 is 9.59 Å². The second-order valence-electron chi connectivity index (χ2n) is 8.60. The molecule has 0 fully saturated rings. The molecule has 2 aromatic heterocycles. The Labute approximate surface area is 218 Å². The largest absolute Gasteiger partial charge is 0.330 e. The van der Waals surface area contributed by atoms with Crippen molar-refractivity contribution in [2.75, 3.05) is 5.32 Å². The lowest BCUT2D eigenvalue weighted by Crippen LogP contribution is -2.40. The molecule has 0 bridgehead atoms. The number of nitrogens with one attached hydrogen (secondary N) is 1. The van der Waals surface area contributed by atoms with Gasteiger partial charge in [0.25, 0.3) is 11.5 Å². The highest BCUT2D eigenvalue weighted by molar-refractivity contribution is 6.36. The zero-order chi connectivity index (χ0) is 26.9. The van der Waals surface area contributed by atoms with Crippen LogP contribution in [0.4, 0.5) is 5.69 Å². The number of aryl methyl sites for hydroxylation is 2. The zero-order valence-corrected chi connectivity index (χ0v) is 21.6. The minimum atomic E-state index is -0.676. The van der Waals surface area contributed by atoms with E-state index in [1.165, 1.54) is 24.9 Å². The summed E-state index contributed by atoms with van der Waals surface area (Å²) in [6.07, 6.45) is 2.63. The molecule has 4 aromatic rings. The Hall–Kier alpha value is -4.30. The van der Waals surface area contributed by atoms with Gasteiger partial charge >= 0.3 is 5.69 Å². The number of hydrogen-bond donors (Lipinski definition) is 1. The molecule has 4 rings (SSSR count). The van der Waals surface area contributed by atoms with Gasteiger partial charge in [-0.15, -0.1) is 0 Å². The standard InChI is InChI=1S/C28H25ClN4O4/c1-5-22-17(15-34)12-13-24(30-22)20-10-6-9-19(25(20)29)18-8-7-11-23(16(18)2)31-26(35)21-14-32(3)28(37)33(4)27(21)36/h6-15H,5H2,1-4H3,(H,31,35). The smallest absolute Gasteiger partial charge is 0.322 e. The van der Waals surface area contributed by atoms with Crippen LogP contribution in [-0.4, -0.2) is 26.3 Å². The summed E-state index contributed by atoms with van der Waals surface area (Å²) in [6.45, 7) is 3.78. The number of rotatable bonds is 6. The van der Waals surface area contributed by atoms with E-state index >= 15 is 0 Å². The van der Waals surface area contributed by atoms with Gasteiger partial charge in [0.1, 0.15) is 5.56 Å². The van der Waals surface area contributed by atoms with Crippen LogP contribution in [0.2, 0.25) is 5.02 Å². The molecular weight excluding hydrogens is 492 g/mol. The summed E-state index contributed by atoms with van der Waals surface area (Å²) in [5.74, 6) is -0.622. The average molecular weight is 517 g/mol. The molecule has 0 saturated carbocycles. The first-order chi connectivity index (χ1) is 17.7. The topological polar surface area (TPSA) is 103 Å². The lowest BCUT2D eigenvalue weighted by atomic mass is 9.96.